The standard InChI is InChI=1S/C17H18BrNO3/c1-17(2,3)22-16(21)13-9-14(18)19(15(20)10-13)11-12-7-5-4-6-8-12/h4-10H,11H2,1-3H3. The van der Waals surface area contributed by atoms with Crippen LogP contribution in [0.5, 0.6) is 0 Å². The highest BCUT2D eigenvalue weighted by molar-refractivity contribution is 9.10. The van der Waals surface area contributed by atoms with Crippen molar-refractivity contribution in [2.75, 3.05) is 0 Å². The summed E-state index contributed by atoms with van der Waals surface area (Å²) in [7, 11) is 0. The number of hydrogen-bond acceptors (Lipinski definition) is 3. The number of nitrogens with zero attached hydrogens (tertiary/aromatic N) is 1. The molecule has 0 N–H and O–H groups in total. The van der Waals surface area contributed by atoms with Crippen LogP contribution in [0.3, 0.4) is 0 Å². The van der Waals surface area contributed by atoms with Gasteiger partial charge in [0.25, 0.3) is 5.56 Å². The molecule has 0 aliphatic carbocycles. The first-order valence-electron chi connectivity index (χ1n) is 6.94. The molecule has 0 atom stereocenters. The number of rotatable bonds is 3. The van der Waals surface area contributed by atoms with Gasteiger partial charge in [-0.15, -0.1) is 0 Å². The predicted octanol–water partition coefficient (Wildman–Crippen LogP) is 3.61. The Hall–Kier alpha value is -1.88. The summed E-state index contributed by atoms with van der Waals surface area (Å²) in [5, 5.41) is 0. The Kier molecular flexibility index (Phi) is 4.86. The highest BCUT2D eigenvalue weighted by atomic mass is 79.9. The molecule has 22 heavy (non-hydrogen) atoms. The quantitative estimate of drug-likeness (QED) is 0.618. The van der Waals surface area contributed by atoms with Crippen molar-refractivity contribution in [3.63, 3.8) is 0 Å². The second-order valence-corrected chi connectivity index (χ2v) is 6.79. The van der Waals surface area contributed by atoms with E-state index in [0.717, 1.165) is 5.56 Å². The maximum atomic E-state index is 12.3. The minimum Gasteiger partial charge on any atom is -0.456 e. The zero-order chi connectivity index (χ0) is 16.3. The number of carbonyl (C=O) groups excluding carboxylic acids is 1. The molecule has 4 nitrogen and oxygen atoms in total. The summed E-state index contributed by atoms with van der Waals surface area (Å²) in [6.07, 6.45) is 0. The number of benzene rings is 1. The van der Waals surface area contributed by atoms with E-state index < -0.39 is 11.6 Å². The number of esters is 1. The van der Waals surface area contributed by atoms with E-state index in [0.29, 0.717) is 11.1 Å². The van der Waals surface area contributed by atoms with Gasteiger partial charge < -0.3 is 4.74 Å². The van der Waals surface area contributed by atoms with Gasteiger partial charge >= 0.3 is 5.97 Å². The highest BCUT2D eigenvalue weighted by Crippen LogP contribution is 2.16. The van der Waals surface area contributed by atoms with Crippen molar-refractivity contribution in [1.82, 2.24) is 4.57 Å². The summed E-state index contributed by atoms with van der Waals surface area (Å²) in [4.78, 5) is 24.3. The molecule has 1 heterocycles. The highest BCUT2D eigenvalue weighted by Gasteiger charge is 2.19. The fraction of sp³-hybridized carbons (Fsp3) is 0.294. The molecule has 0 unspecified atom stereocenters. The molecule has 0 radical (unpaired) electrons. The molecular weight excluding hydrogens is 346 g/mol. The first kappa shape index (κ1) is 16.5. The second-order valence-electron chi connectivity index (χ2n) is 5.98. The molecule has 0 bridgehead atoms. The van der Waals surface area contributed by atoms with E-state index in [-0.39, 0.29) is 11.1 Å². The monoisotopic (exact) mass is 363 g/mol. The average Bonchev–Trinajstić information content (AvgIpc) is 2.42. The first-order valence-corrected chi connectivity index (χ1v) is 7.73. The van der Waals surface area contributed by atoms with Crippen LogP contribution in [0.4, 0.5) is 0 Å². The minimum absolute atomic E-state index is 0.246. The molecule has 1 aromatic carbocycles. The third kappa shape index (κ3) is 4.31. The van der Waals surface area contributed by atoms with Gasteiger partial charge in [0.15, 0.2) is 0 Å². The van der Waals surface area contributed by atoms with E-state index in [1.807, 2.05) is 30.3 Å². The maximum absolute atomic E-state index is 12.3. The van der Waals surface area contributed by atoms with Crippen molar-refractivity contribution in [2.45, 2.75) is 32.9 Å². The predicted molar refractivity (Wildman–Crippen MR) is 89.1 cm³/mol. The lowest BCUT2D eigenvalue weighted by Crippen LogP contribution is -2.27. The van der Waals surface area contributed by atoms with Crippen molar-refractivity contribution in [3.8, 4) is 0 Å². The number of ether oxygens (including phenoxy) is 1. The van der Waals surface area contributed by atoms with Crippen molar-refractivity contribution in [1.29, 1.82) is 0 Å². The smallest absolute Gasteiger partial charge is 0.338 e. The summed E-state index contributed by atoms with van der Waals surface area (Å²) in [6, 6.07) is 12.6. The first-order chi connectivity index (χ1) is 10.3. The second kappa shape index (κ2) is 6.48. The fourth-order valence-corrected chi connectivity index (χ4v) is 2.49. The summed E-state index contributed by atoms with van der Waals surface area (Å²) < 4.78 is 7.39. The van der Waals surface area contributed by atoms with E-state index in [9.17, 15) is 9.59 Å². The molecule has 2 rings (SSSR count). The molecule has 0 amide bonds. The van der Waals surface area contributed by atoms with Gasteiger partial charge in [-0.25, -0.2) is 4.79 Å². The fourth-order valence-electron chi connectivity index (χ4n) is 1.94. The van der Waals surface area contributed by atoms with Crippen LogP contribution in [-0.2, 0) is 11.3 Å². The van der Waals surface area contributed by atoms with Crippen LogP contribution in [0.25, 0.3) is 0 Å². The Morgan fingerprint density at radius 1 is 1.18 bits per heavy atom. The van der Waals surface area contributed by atoms with Crippen LogP contribution in [0.15, 0.2) is 51.9 Å². The lowest BCUT2D eigenvalue weighted by atomic mass is 10.2. The molecule has 0 saturated carbocycles. The Balaban J connectivity index is 2.29. The van der Waals surface area contributed by atoms with Crippen LogP contribution in [0, 0.1) is 0 Å². The van der Waals surface area contributed by atoms with E-state index in [1.54, 1.807) is 31.4 Å². The SMILES string of the molecule is CC(C)(C)OC(=O)c1cc(Br)n(Cc2ccccc2)c(=O)c1. The van der Waals surface area contributed by atoms with Crippen molar-refractivity contribution in [3.05, 3.63) is 68.5 Å². The number of carbonyl (C=O) groups is 1. The normalized spacial score (nSPS) is 11.3. The number of pyridine rings is 1. The summed E-state index contributed by atoms with van der Waals surface area (Å²) >= 11 is 3.36. The van der Waals surface area contributed by atoms with Crippen molar-refractivity contribution in [2.24, 2.45) is 0 Å². The molecule has 0 spiro atoms. The van der Waals surface area contributed by atoms with Crippen LogP contribution in [0.2, 0.25) is 0 Å². The minimum atomic E-state index is -0.595. The third-order valence-electron chi connectivity index (χ3n) is 2.90. The molecule has 116 valence electrons. The van der Waals surface area contributed by atoms with Crippen LogP contribution >= 0.6 is 15.9 Å². The topological polar surface area (TPSA) is 48.3 Å². The molecule has 0 aliphatic rings. The molecule has 2 aromatic rings. The number of aromatic nitrogens is 1. The van der Waals surface area contributed by atoms with Crippen molar-refractivity contribution < 1.29 is 9.53 Å². The Bertz CT molecular complexity index is 730. The third-order valence-corrected chi connectivity index (χ3v) is 3.55. The van der Waals surface area contributed by atoms with Gasteiger partial charge in [0.2, 0.25) is 0 Å². The molecule has 1 aromatic heterocycles. The summed E-state index contributed by atoms with van der Waals surface area (Å²) in [6.45, 7) is 5.80. The lowest BCUT2D eigenvalue weighted by Gasteiger charge is -2.19. The Morgan fingerprint density at radius 2 is 1.82 bits per heavy atom. The maximum Gasteiger partial charge on any atom is 0.338 e. The van der Waals surface area contributed by atoms with E-state index in [1.165, 1.54) is 6.07 Å². The van der Waals surface area contributed by atoms with Gasteiger partial charge in [0.1, 0.15) is 5.60 Å². The van der Waals surface area contributed by atoms with Gasteiger partial charge in [-0.3, -0.25) is 9.36 Å². The summed E-state index contributed by atoms with van der Waals surface area (Å²) in [5.74, 6) is -0.503. The molecule has 5 heteroatoms. The molecule has 0 fully saturated rings. The van der Waals surface area contributed by atoms with Crippen LogP contribution < -0.4 is 5.56 Å². The van der Waals surface area contributed by atoms with Gasteiger partial charge in [-0.1, -0.05) is 30.3 Å². The summed E-state index contributed by atoms with van der Waals surface area (Å²) in [5.41, 5.74) is 0.410. The molecular formula is C17H18BrNO3. The van der Waals surface area contributed by atoms with Crippen molar-refractivity contribution >= 4 is 21.9 Å². The van der Waals surface area contributed by atoms with Gasteiger partial charge in [-0.2, -0.15) is 0 Å². The number of halogens is 1. The Labute approximate surface area is 137 Å². The van der Waals surface area contributed by atoms with Crippen LogP contribution in [-0.4, -0.2) is 16.1 Å². The van der Waals surface area contributed by atoms with E-state index in [2.05, 4.69) is 15.9 Å². The van der Waals surface area contributed by atoms with Gasteiger partial charge in [0, 0.05) is 6.07 Å². The lowest BCUT2D eigenvalue weighted by molar-refractivity contribution is 0.00690. The molecule has 0 saturated heterocycles. The largest absolute Gasteiger partial charge is 0.456 e. The zero-order valence-corrected chi connectivity index (χ0v) is 14.4. The zero-order valence-electron chi connectivity index (χ0n) is 12.8. The van der Waals surface area contributed by atoms with Gasteiger partial charge in [0.05, 0.1) is 16.7 Å². The van der Waals surface area contributed by atoms with Crippen LogP contribution in [0.1, 0.15) is 36.7 Å². The average molecular weight is 364 g/mol. The van der Waals surface area contributed by atoms with E-state index in [4.69, 9.17) is 4.74 Å². The van der Waals surface area contributed by atoms with Gasteiger partial charge in [-0.05, 0) is 48.3 Å². The molecule has 0 aliphatic heterocycles. The number of hydrogen-bond donors (Lipinski definition) is 0. The van der Waals surface area contributed by atoms with E-state index >= 15 is 0 Å². The Morgan fingerprint density at radius 3 is 2.36 bits per heavy atom.